The van der Waals surface area contributed by atoms with Crippen LogP contribution < -0.4 is 5.32 Å². The molecule has 0 heterocycles. The summed E-state index contributed by atoms with van der Waals surface area (Å²) in [4.78, 5) is 26.7. The second-order valence-electron chi connectivity index (χ2n) is 6.42. The van der Waals surface area contributed by atoms with Gasteiger partial charge in [-0.15, -0.1) is 0 Å². The van der Waals surface area contributed by atoms with Gasteiger partial charge in [0.1, 0.15) is 11.9 Å². The van der Waals surface area contributed by atoms with Gasteiger partial charge in [0.15, 0.2) is 0 Å². The van der Waals surface area contributed by atoms with Gasteiger partial charge >= 0.3 is 0 Å². The average Bonchev–Trinajstić information content (AvgIpc) is 3.08. The lowest BCUT2D eigenvalue weighted by molar-refractivity contribution is -0.141. The number of rotatable bonds is 7. The lowest BCUT2D eigenvalue weighted by Gasteiger charge is -2.31. The van der Waals surface area contributed by atoms with Gasteiger partial charge in [0.25, 0.3) is 0 Å². The Balaban J connectivity index is 2.11. The van der Waals surface area contributed by atoms with Gasteiger partial charge in [-0.2, -0.15) is 0 Å². The molecule has 0 bridgehead atoms. The largest absolute Gasteiger partial charge is 0.352 e. The van der Waals surface area contributed by atoms with Crippen LogP contribution in [0.2, 0.25) is 0 Å². The van der Waals surface area contributed by atoms with Crippen LogP contribution in [0.25, 0.3) is 0 Å². The van der Waals surface area contributed by atoms with Gasteiger partial charge in [-0.1, -0.05) is 38.8 Å². The van der Waals surface area contributed by atoms with E-state index in [1.165, 1.54) is 12.1 Å². The fourth-order valence-electron chi connectivity index (χ4n) is 3.28. The number of nitrogens with zero attached hydrogens (tertiary/aromatic N) is 1. The summed E-state index contributed by atoms with van der Waals surface area (Å²) in [6, 6.07) is 5.83. The second-order valence-corrected chi connectivity index (χ2v) is 6.42. The van der Waals surface area contributed by atoms with Crippen LogP contribution in [-0.4, -0.2) is 28.8 Å². The van der Waals surface area contributed by atoms with Crippen LogP contribution in [0.15, 0.2) is 24.3 Å². The molecule has 1 fully saturated rings. The van der Waals surface area contributed by atoms with Gasteiger partial charge < -0.3 is 10.2 Å². The van der Waals surface area contributed by atoms with Crippen molar-refractivity contribution >= 4 is 11.8 Å². The Morgan fingerprint density at radius 2 is 1.83 bits per heavy atom. The third kappa shape index (κ3) is 4.79. The van der Waals surface area contributed by atoms with E-state index in [2.05, 4.69) is 5.32 Å². The SMILES string of the molecule is CCC(=O)N(Cc1ccc(F)cc1)[C@H](CC)C(=O)NC1CCCC1. The Labute approximate surface area is 143 Å². The van der Waals surface area contributed by atoms with Crippen LogP contribution in [0, 0.1) is 5.82 Å². The van der Waals surface area contributed by atoms with Crippen LogP contribution in [0.1, 0.15) is 57.9 Å². The highest BCUT2D eigenvalue weighted by atomic mass is 19.1. The Morgan fingerprint density at radius 1 is 1.21 bits per heavy atom. The van der Waals surface area contributed by atoms with Crippen molar-refractivity contribution in [1.82, 2.24) is 10.2 Å². The lowest BCUT2D eigenvalue weighted by Crippen LogP contribution is -2.50. The summed E-state index contributed by atoms with van der Waals surface area (Å²) in [7, 11) is 0. The molecule has 24 heavy (non-hydrogen) atoms. The molecule has 0 unspecified atom stereocenters. The van der Waals surface area contributed by atoms with Gasteiger partial charge in [0.2, 0.25) is 11.8 Å². The van der Waals surface area contributed by atoms with Crippen molar-refractivity contribution in [3.63, 3.8) is 0 Å². The number of carbonyl (C=O) groups excluding carboxylic acids is 2. The maximum Gasteiger partial charge on any atom is 0.243 e. The predicted octanol–water partition coefficient (Wildman–Crippen LogP) is 3.40. The van der Waals surface area contributed by atoms with Crippen LogP contribution >= 0.6 is 0 Å². The molecule has 1 atom stereocenters. The average molecular weight is 334 g/mol. The highest BCUT2D eigenvalue weighted by Gasteiger charge is 2.29. The maximum atomic E-state index is 13.1. The predicted molar refractivity (Wildman–Crippen MR) is 91.7 cm³/mol. The van der Waals surface area contributed by atoms with E-state index in [-0.39, 0.29) is 23.7 Å². The molecule has 1 saturated carbocycles. The molecule has 0 aromatic heterocycles. The minimum Gasteiger partial charge on any atom is -0.352 e. The van der Waals surface area contributed by atoms with Crippen molar-refractivity contribution in [2.45, 2.75) is 71.0 Å². The molecule has 2 rings (SSSR count). The maximum absolute atomic E-state index is 13.1. The molecule has 1 aliphatic rings. The highest BCUT2D eigenvalue weighted by molar-refractivity contribution is 5.87. The number of benzene rings is 1. The zero-order valence-electron chi connectivity index (χ0n) is 14.6. The Hall–Kier alpha value is -1.91. The molecule has 0 saturated heterocycles. The van der Waals surface area contributed by atoms with Crippen molar-refractivity contribution in [2.24, 2.45) is 0 Å². The number of hydrogen-bond acceptors (Lipinski definition) is 2. The summed E-state index contributed by atoms with van der Waals surface area (Å²) in [5.41, 5.74) is 0.824. The Bertz CT molecular complexity index is 553. The van der Waals surface area contributed by atoms with E-state index in [1.807, 2.05) is 6.92 Å². The van der Waals surface area contributed by atoms with Gasteiger partial charge in [-0.25, -0.2) is 4.39 Å². The molecule has 4 nitrogen and oxygen atoms in total. The molecule has 0 aliphatic heterocycles. The van der Waals surface area contributed by atoms with E-state index in [0.717, 1.165) is 31.2 Å². The minimum absolute atomic E-state index is 0.0623. The summed E-state index contributed by atoms with van der Waals surface area (Å²) in [5, 5.41) is 3.09. The molecule has 1 aliphatic carbocycles. The quantitative estimate of drug-likeness (QED) is 0.831. The standard InChI is InChI=1S/C19H27FN2O2/c1-3-17(19(24)21-16-7-5-6-8-16)22(18(23)4-2)13-14-9-11-15(20)12-10-14/h9-12,16-17H,3-8,13H2,1-2H3,(H,21,24)/t17-/m1/s1. The van der Waals surface area contributed by atoms with Gasteiger partial charge in [0.05, 0.1) is 0 Å². The highest BCUT2D eigenvalue weighted by Crippen LogP contribution is 2.19. The second kappa shape index (κ2) is 8.81. The first-order valence-corrected chi connectivity index (χ1v) is 8.89. The summed E-state index contributed by atoms with van der Waals surface area (Å²) in [5.74, 6) is -0.445. The fourth-order valence-corrected chi connectivity index (χ4v) is 3.28. The molecular formula is C19H27FN2O2. The Kier molecular flexibility index (Phi) is 6.76. The van der Waals surface area contributed by atoms with Crippen molar-refractivity contribution in [1.29, 1.82) is 0 Å². The normalized spacial score (nSPS) is 16.0. The first-order chi connectivity index (χ1) is 11.5. The van der Waals surface area contributed by atoms with E-state index < -0.39 is 6.04 Å². The van der Waals surface area contributed by atoms with Crippen LogP contribution in [0.3, 0.4) is 0 Å². The number of halogens is 1. The summed E-state index contributed by atoms with van der Waals surface area (Å²) in [6.07, 6.45) is 5.23. The van der Waals surface area contributed by atoms with Gasteiger partial charge in [-0.3, -0.25) is 9.59 Å². The molecule has 1 aromatic carbocycles. The van der Waals surface area contributed by atoms with E-state index in [4.69, 9.17) is 0 Å². The van der Waals surface area contributed by atoms with Crippen LogP contribution in [0.5, 0.6) is 0 Å². The first kappa shape index (κ1) is 18.4. The summed E-state index contributed by atoms with van der Waals surface area (Å²) < 4.78 is 13.1. The van der Waals surface area contributed by atoms with Crippen LogP contribution in [-0.2, 0) is 16.1 Å². The number of nitrogens with one attached hydrogen (secondary N) is 1. The topological polar surface area (TPSA) is 49.4 Å². The van der Waals surface area contributed by atoms with E-state index in [9.17, 15) is 14.0 Å². The zero-order valence-corrected chi connectivity index (χ0v) is 14.6. The lowest BCUT2D eigenvalue weighted by atomic mass is 10.1. The number of hydrogen-bond donors (Lipinski definition) is 1. The molecule has 1 aromatic rings. The summed E-state index contributed by atoms with van der Waals surface area (Å²) >= 11 is 0. The number of carbonyl (C=O) groups is 2. The monoisotopic (exact) mass is 334 g/mol. The molecule has 132 valence electrons. The third-order valence-electron chi connectivity index (χ3n) is 4.66. The van der Waals surface area contributed by atoms with Gasteiger partial charge in [-0.05, 0) is 37.0 Å². The van der Waals surface area contributed by atoms with E-state index in [0.29, 0.717) is 19.4 Å². The first-order valence-electron chi connectivity index (χ1n) is 8.89. The molecule has 1 N–H and O–H groups in total. The third-order valence-corrected chi connectivity index (χ3v) is 4.66. The van der Waals surface area contributed by atoms with Crippen molar-refractivity contribution in [3.8, 4) is 0 Å². The minimum atomic E-state index is -0.483. The van der Waals surface area contributed by atoms with Crippen molar-refractivity contribution in [2.75, 3.05) is 0 Å². The molecule has 5 heteroatoms. The Morgan fingerprint density at radius 3 is 2.38 bits per heavy atom. The molecule has 2 amide bonds. The van der Waals surface area contributed by atoms with Crippen LogP contribution in [0.4, 0.5) is 4.39 Å². The van der Waals surface area contributed by atoms with E-state index >= 15 is 0 Å². The molecule has 0 radical (unpaired) electrons. The summed E-state index contributed by atoms with van der Waals surface area (Å²) in [6.45, 7) is 4.03. The zero-order chi connectivity index (χ0) is 17.5. The fraction of sp³-hybridized carbons (Fsp3) is 0.579. The van der Waals surface area contributed by atoms with E-state index in [1.54, 1.807) is 24.0 Å². The molecular weight excluding hydrogens is 307 g/mol. The van der Waals surface area contributed by atoms with Crippen molar-refractivity contribution in [3.05, 3.63) is 35.6 Å². The van der Waals surface area contributed by atoms with Gasteiger partial charge in [0, 0.05) is 19.0 Å². The van der Waals surface area contributed by atoms with Crippen molar-refractivity contribution < 1.29 is 14.0 Å². The molecule has 0 spiro atoms. The smallest absolute Gasteiger partial charge is 0.243 e. The number of amides is 2.